The van der Waals surface area contributed by atoms with Crippen LogP contribution in [-0.2, 0) is 0 Å². The third-order valence-corrected chi connectivity index (χ3v) is 7.11. The van der Waals surface area contributed by atoms with Crippen LogP contribution in [0.1, 0.15) is 0 Å². The fourth-order valence-corrected chi connectivity index (χ4v) is 4.46. The lowest BCUT2D eigenvalue weighted by atomic mass is 10.2. The summed E-state index contributed by atoms with van der Waals surface area (Å²) in [5.41, 5.74) is 2.80. The van der Waals surface area contributed by atoms with Gasteiger partial charge in [-0.05, 0) is 86.5 Å². The third kappa shape index (κ3) is 4.54. The van der Waals surface area contributed by atoms with Crippen molar-refractivity contribution in [1.29, 1.82) is 0 Å². The van der Waals surface area contributed by atoms with Crippen molar-refractivity contribution in [1.82, 2.24) is 4.90 Å². The average molecular weight is 565 g/mol. The van der Waals surface area contributed by atoms with E-state index in [1.54, 1.807) is 0 Å². The Morgan fingerprint density at radius 1 is 1.03 bits per heavy atom. The SMILES string of the molecule is S=C(Nc1cccc(Cl)c1)N1CCN=C1N(c1ccccc1)c1cccc(Br)c1Br. The highest BCUT2D eigenvalue weighted by Crippen LogP contribution is 2.38. The lowest BCUT2D eigenvalue weighted by Crippen LogP contribution is -2.45. The van der Waals surface area contributed by atoms with Crippen LogP contribution in [0.25, 0.3) is 0 Å². The maximum absolute atomic E-state index is 6.12. The molecule has 0 unspecified atom stereocenters. The highest BCUT2D eigenvalue weighted by atomic mass is 79.9. The van der Waals surface area contributed by atoms with E-state index in [0.717, 1.165) is 32.0 Å². The monoisotopic (exact) mass is 562 g/mol. The molecule has 1 heterocycles. The lowest BCUT2D eigenvalue weighted by molar-refractivity contribution is 0.667. The summed E-state index contributed by atoms with van der Waals surface area (Å²) in [6, 6.07) is 23.7. The molecule has 152 valence electrons. The van der Waals surface area contributed by atoms with Gasteiger partial charge in [-0.15, -0.1) is 0 Å². The molecule has 0 saturated carbocycles. The lowest BCUT2D eigenvalue weighted by Gasteiger charge is -2.32. The molecular weight excluding hydrogens is 548 g/mol. The van der Waals surface area contributed by atoms with E-state index in [2.05, 4.69) is 54.2 Å². The number of benzene rings is 3. The highest BCUT2D eigenvalue weighted by Gasteiger charge is 2.29. The number of nitrogens with zero attached hydrogens (tertiary/aromatic N) is 3. The summed E-state index contributed by atoms with van der Waals surface area (Å²) in [6.45, 7) is 1.35. The molecule has 4 rings (SSSR count). The Balaban J connectivity index is 1.71. The number of anilines is 3. The van der Waals surface area contributed by atoms with Gasteiger partial charge >= 0.3 is 0 Å². The van der Waals surface area contributed by atoms with E-state index in [1.807, 2.05) is 65.6 Å². The van der Waals surface area contributed by atoms with Crippen LogP contribution in [0, 0.1) is 0 Å². The Bertz CT molecular complexity index is 1110. The first kappa shape index (κ1) is 21.3. The summed E-state index contributed by atoms with van der Waals surface area (Å²) in [7, 11) is 0. The van der Waals surface area contributed by atoms with Crippen molar-refractivity contribution >= 4 is 83.8 Å². The van der Waals surface area contributed by atoms with Crippen molar-refractivity contribution in [3.05, 3.63) is 86.8 Å². The highest BCUT2D eigenvalue weighted by molar-refractivity contribution is 9.13. The predicted octanol–water partition coefficient (Wildman–Crippen LogP) is 7.07. The van der Waals surface area contributed by atoms with Gasteiger partial charge < -0.3 is 5.32 Å². The van der Waals surface area contributed by atoms with E-state index in [4.69, 9.17) is 28.8 Å². The Labute approximate surface area is 202 Å². The molecule has 8 heteroatoms. The molecule has 30 heavy (non-hydrogen) atoms. The van der Waals surface area contributed by atoms with Crippen LogP contribution in [0.5, 0.6) is 0 Å². The van der Waals surface area contributed by atoms with Gasteiger partial charge in [-0.25, -0.2) is 0 Å². The van der Waals surface area contributed by atoms with Crippen molar-refractivity contribution in [3.8, 4) is 0 Å². The van der Waals surface area contributed by atoms with Gasteiger partial charge in [-0.1, -0.05) is 41.9 Å². The van der Waals surface area contributed by atoms with Gasteiger partial charge in [0.2, 0.25) is 5.96 Å². The molecule has 1 aliphatic heterocycles. The standard InChI is InChI=1S/C22H17Br2ClN4S/c23-18-10-5-11-19(20(18)24)29(17-8-2-1-3-9-17)21-26-12-13-28(21)22(30)27-16-7-4-6-15(25)14-16/h1-11,14H,12-13H2,(H,27,30). The Morgan fingerprint density at radius 2 is 1.80 bits per heavy atom. The van der Waals surface area contributed by atoms with Gasteiger partial charge in [0, 0.05) is 27.4 Å². The van der Waals surface area contributed by atoms with E-state index in [1.165, 1.54) is 0 Å². The molecule has 0 fully saturated rings. The quantitative estimate of drug-likeness (QED) is 0.345. The Morgan fingerprint density at radius 3 is 2.57 bits per heavy atom. The van der Waals surface area contributed by atoms with Gasteiger partial charge in [-0.2, -0.15) is 0 Å². The van der Waals surface area contributed by atoms with Crippen molar-refractivity contribution in [3.63, 3.8) is 0 Å². The van der Waals surface area contributed by atoms with Crippen LogP contribution in [-0.4, -0.2) is 29.1 Å². The summed E-state index contributed by atoms with van der Waals surface area (Å²) in [5.74, 6) is 0.763. The smallest absolute Gasteiger partial charge is 0.212 e. The molecule has 3 aromatic rings. The minimum absolute atomic E-state index is 0.570. The molecule has 1 N–H and O–H groups in total. The van der Waals surface area contributed by atoms with Crippen LogP contribution in [0.15, 0.2) is 86.7 Å². The molecular formula is C22H17Br2ClN4S. The van der Waals surface area contributed by atoms with Crippen LogP contribution < -0.4 is 10.2 Å². The van der Waals surface area contributed by atoms with Gasteiger partial charge in [0.15, 0.2) is 5.11 Å². The van der Waals surface area contributed by atoms with Crippen molar-refractivity contribution in [2.24, 2.45) is 4.99 Å². The molecule has 4 nitrogen and oxygen atoms in total. The summed E-state index contributed by atoms with van der Waals surface area (Å²) >= 11 is 19.2. The Kier molecular flexibility index (Phi) is 6.73. The second kappa shape index (κ2) is 9.47. The fraction of sp³-hybridized carbons (Fsp3) is 0.0909. The van der Waals surface area contributed by atoms with Gasteiger partial charge in [-0.3, -0.25) is 14.8 Å². The minimum atomic E-state index is 0.570. The molecule has 0 bridgehead atoms. The fourth-order valence-electron chi connectivity index (χ4n) is 3.18. The third-order valence-electron chi connectivity index (χ3n) is 4.53. The summed E-state index contributed by atoms with van der Waals surface area (Å²) in [4.78, 5) is 8.92. The topological polar surface area (TPSA) is 30.9 Å². The number of thiocarbonyl (C=S) groups is 1. The van der Waals surface area contributed by atoms with E-state index in [9.17, 15) is 0 Å². The predicted molar refractivity (Wildman–Crippen MR) is 137 cm³/mol. The molecule has 0 aromatic heterocycles. The Hall–Kier alpha value is -1.93. The van der Waals surface area contributed by atoms with Gasteiger partial charge in [0.25, 0.3) is 0 Å². The number of hydrogen-bond donors (Lipinski definition) is 1. The maximum atomic E-state index is 6.12. The molecule has 0 saturated heterocycles. The summed E-state index contributed by atoms with van der Waals surface area (Å²) < 4.78 is 1.91. The van der Waals surface area contributed by atoms with Crippen molar-refractivity contribution in [2.75, 3.05) is 23.3 Å². The normalized spacial score (nSPS) is 13.2. The average Bonchev–Trinajstić information content (AvgIpc) is 3.22. The zero-order valence-electron chi connectivity index (χ0n) is 15.7. The maximum Gasteiger partial charge on any atom is 0.212 e. The second-order valence-corrected chi connectivity index (χ2v) is 8.99. The second-order valence-electron chi connectivity index (χ2n) is 6.52. The molecule has 1 aliphatic rings. The molecule has 0 spiro atoms. The molecule has 3 aromatic carbocycles. The molecule has 0 atom stereocenters. The zero-order valence-corrected chi connectivity index (χ0v) is 20.5. The zero-order chi connectivity index (χ0) is 21.1. The van der Waals surface area contributed by atoms with Crippen LogP contribution in [0.3, 0.4) is 0 Å². The van der Waals surface area contributed by atoms with Crippen LogP contribution in [0.2, 0.25) is 5.02 Å². The number of aliphatic imine (C=N–C) groups is 1. The van der Waals surface area contributed by atoms with E-state index >= 15 is 0 Å². The largest absolute Gasteiger partial charge is 0.332 e. The summed E-state index contributed by atoms with van der Waals surface area (Å²) in [5, 5.41) is 4.51. The molecule has 0 amide bonds. The molecule has 0 aliphatic carbocycles. The first-order chi connectivity index (χ1) is 14.5. The van der Waals surface area contributed by atoms with Crippen molar-refractivity contribution < 1.29 is 0 Å². The van der Waals surface area contributed by atoms with Gasteiger partial charge in [0.1, 0.15) is 0 Å². The number of nitrogens with one attached hydrogen (secondary N) is 1. The number of halogens is 3. The number of hydrogen-bond acceptors (Lipinski definition) is 3. The van der Waals surface area contributed by atoms with E-state index in [-0.39, 0.29) is 0 Å². The first-order valence-corrected chi connectivity index (χ1v) is 11.6. The van der Waals surface area contributed by atoms with Crippen LogP contribution in [0.4, 0.5) is 17.1 Å². The van der Waals surface area contributed by atoms with Crippen molar-refractivity contribution in [2.45, 2.75) is 0 Å². The number of para-hydroxylation sites is 1. The summed E-state index contributed by atoms with van der Waals surface area (Å²) in [6.07, 6.45) is 0. The molecule has 0 radical (unpaired) electrons. The van der Waals surface area contributed by atoms with E-state index < -0.39 is 0 Å². The first-order valence-electron chi connectivity index (χ1n) is 9.22. The minimum Gasteiger partial charge on any atom is -0.332 e. The van der Waals surface area contributed by atoms with Gasteiger partial charge in [0.05, 0.1) is 16.7 Å². The van der Waals surface area contributed by atoms with E-state index in [0.29, 0.717) is 23.2 Å². The number of rotatable bonds is 3. The number of guanidine groups is 1. The van der Waals surface area contributed by atoms with Crippen LogP contribution >= 0.6 is 55.7 Å².